The van der Waals surface area contributed by atoms with Gasteiger partial charge in [-0.15, -0.1) is 0 Å². The average molecular weight is 547 g/mol. The van der Waals surface area contributed by atoms with E-state index in [-0.39, 0.29) is 26.1 Å². The van der Waals surface area contributed by atoms with E-state index in [2.05, 4.69) is 20.4 Å². The largest absolute Gasteiger partial charge is 0.438 e. The standard InChI is InChI=1S/C25H22F5N7O2/c26-24(27)6-8-36(14-24)20-4-2-16(11-33-20)12-37-13-19(21(35-37)25(28,29)30)39-23(38)34-10-15-1-3-18-17(9-15)5-7-32-22(18)31/h1-5,7,9,11,13H,6,8,10,12,14H2,(H2,31,32)(H,34,38). The molecule has 0 atom stereocenters. The molecule has 9 nitrogen and oxygen atoms in total. The van der Waals surface area contributed by atoms with E-state index in [0.29, 0.717) is 22.8 Å². The lowest BCUT2D eigenvalue weighted by Crippen LogP contribution is -2.27. The second kappa shape index (κ2) is 10.0. The number of nitrogen functional groups attached to an aromatic ring is 1. The summed E-state index contributed by atoms with van der Waals surface area (Å²) in [5, 5.41) is 7.48. The number of carbonyl (C=O) groups is 1. The number of carbonyl (C=O) groups excluding carboxylic acids is 1. The molecule has 1 aliphatic heterocycles. The van der Waals surface area contributed by atoms with Crippen LogP contribution >= 0.6 is 0 Å². The molecule has 4 heterocycles. The number of amides is 1. The maximum absolute atomic E-state index is 13.6. The Kier molecular flexibility index (Phi) is 6.70. The van der Waals surface area contributed by atoms with Crippen molar-refractivity contribution in [2.45, 2.75) is 31.6 Å². The van der Waals surface area contributed by atoms with Gasteiger partial charge >= 0.3 is 12.3 Å². The number of ether oxygens (including phenoxy) is 1. The van der Waals surface area contributed by atoms with E-state index < -0.39 is 36.2 Å². The van der Waals surface area contributed by atoms with E-state index in [9.17, 15) is 26.7 Å². The van der Waals surface area contributed by atoms with Crippen LogP contribution in [0.2, 0.25) is 0 Å². The third kappa shape index (κ3) is 5.99. The fourth-order valence-electron chi connectivity index (χ4n) is 4.24. The lowest BCUT2D eigenvalue weighted by atomic mass is 10.1. The molecule has 0 spiro atoms. The summed E-state index contributed by atoms with van der Waals surface area (Å²) in [4.78, 5) is 21.9. The van der Waals surface area contributed by atoms with Crippen molar-refractivity contribution in [1.29, 1.82) is 0 Å². The first-order valence-corrected chi connectivity index (χ1v) is 11.8. The number of aromatic nitrogens is 4. The quantitative estimate of drug-likeness (QED) is 0.339. The molecule has 0 bridgehead atoms. The van der Waals surface area contributed by atoms with Crippen LogP contribution in [0.4, 0.5) is 38.4 Å². The third-order valence-electron chi connectivity index (χ3n) is 6.14. The number of halogens is 5. The molecule has 4 aromatic rings. The molecule has 1 fully saturated rings. The van der Waals surface area contributed by atoms with Gasteiger partial charge in [-0.3, -0.25) is 4.68 Å². The molecule has 1 aliphatic rings. The highest BCUT2D eigenvalue weighted by Crippen LogP contribution is 2.35. The van der Waals surface area contributed by atoms with Crippen LogP contribution in [0.15, 0.2) is 55.0 Å². The zero-order valence-corrected chi connectivity index (χ0v) is 20.3. The molecule has 39 heavy (non-hydrogen) atoms. The summed E-state index contributed by atoms with van der Waals surface area (Å²) in [6.07, 6.45) is -2.36. The molecule has 0 saturated carbocycles. The van der Waals surface area contributed by atoms with Crippen molar-refractivity contribution >= 4 is 28.5 Å². The first-order chi connectivity index (χ1) is 18.5. The molecule has 14 heteroatoms. The van der Waals surface area contributed by atoms with Crippen LogP contribution in [0.1, 0.15) is 23.2 Å². The predicted octanol–water partition coefficient (Wildman–Crippen LogP) is 4.61. The second-order valence-corrected chi connectivity index (χ2v) is 9.08. The van der Waals surface area contributed by atoms with E-state index in [4.69, 9.17) is 10.5 Å². The molecule has 0 unspecified atom stereocenters. The number of anilines is 2. The van der Waals surface area contributed by atoms with Gasteiger partial charge in [-0.05, 0) is 34.7 Å². The van der Waals surface area contributed by atoms with Crippen LogP contribution in [-0.2, 0) is 19.3 Å². The van der Waals surface area contributed by atoms with Gasteiger partial charge < -0.3 is 20.7 Å². The molecule has 204 valence electrons. The monoisotopic (exact) mass is 547 g/mol. The second-order valence-electron chi connectivity index (χ2n) is 9.08. The van der Waals surface area contributed by atoms with Gasteiger partial charge in [-0.25, -0.2) is 23.5 Å². The number of alkyl halides is 5. The van der Waals surface area contributed by atoms with Crippen LogP contribution in [0.3, 0.4) is 0 Å². The fourth-order valence-corrected chi connectivity index (χ4v) is 4.24. The molecule has 3 N–H and O–H groups in total. The van der Waals surface area contributed by atoms with Gasteiger partial charge in [0.25, 0.3) is 5.92 Å². The summed E-state index contributed by atoms with van der Waals surface area (Å²) in [5.74, 6) is -2.85. The summed E-state index contributed by atoms with van der Waals surface area (Å²) in [5.41, 5.74) is 5.61. The maximum Gasteiger partial charge on any atom is 0.438 e. The molecule has 3 aromatic heterocycles. The maximum atomic E-state index is 13.6. The Labute approximate surface area is 218 Å². The fraction of sp³-hybridized carbons (Fsp3) is 0.280. The Bertz CT molecular complexity index is 1510. The number of hydrogen-bond donors (Lipinski definition) is 2. The number of hydrogen-bond acceptors (Lipinski definition) is 7. The zero-order valence-electron chi connectivity index (χ0n) is 20.3. The van der Waals surface area contributed by atoms with Crippen molar-refractivity contribution in [3.05, 3.63) is 71.8 Å². The third-order valence-corrected chi connectivity index (χ3v) is 6.14. The highest BCUT2D eigenvalue weighted by atomic mass is 19.4. The number of rotatable bonds is 6. The van der Waals surface area contributed by atoms with Crippen LogP contribution in [0, 0.1) is 0 Å². The van der Waals surface area contributed by atoms with Crippen LogP contribution in [-0.4, -0.2) is 44.9 Å². The molecule has 5 rings (SSSR count). The summed E-state index contributed by atoms with van der Waals surface area (Å²) in [6.45, 7) is -0.410. The predicted molar refractivity (Wildman–Crippen MR) is 131 cm³/mol. The number of nitrogens with one attached hydrogen (secondary N) is 1. The highest BCUT2D eigenvalue weighted by Gasteiger charge is 2.40. The molecular formula is C25H22F5N7O2. The number of nitrogens with zero attached hydrogens (tertiary/aromatic N) is 5. The summed E-state index contributed by atoms with van der Waals surface area (Å²) in [7, 11) is 0. The molecule has 1 saturated heterocycles. The lowest BCUT2D eigenvalue weighted by Gasteiger charge is -2.17. The van der Waals surface area contributed by atoms with Crippen LogP contribution in [0.5, 0.6) is 5.75 Å². The highest BCUT2D eigenvalue weighted by molar-refractivity contribution is 5.91. The van der Waals surface area contributed by atoms with Gasteiger partial charge in [0, 0.05) is 37.3 Å². The average Bonchev–Trinajstić information content (AvgIpc) is 3.45. The summed E-state index contributed by atoms with van der Waals surface area (Å²) >= 11 is 0. The molecule has 1 amide bonds. The Hall–Kier alpha value is -4.49. The van der Waals surface area contributed by atoms with Gasteiger partial charge in [0.05, 0.1) is 19.3 Å². The van der Waals surface area contributed by atoms with E-state index in [1.54, 1.807) is 36.5 Å². The first-order valence-electron chi connectivity index (χ1n) is 11.8. The lowest BCUT2D eigenvalue weighted by molar-refractivity contribution is -0.142. The van der Waals surface area contributed by atoms with E-state index in [1.807, 2.05) is 0 Å². The van der Waals surface area contributed by atoms with E-state index in [0.717, 1.165) is 21.7 Å². The molecule has 1 aromatic carbocycles. The number of nitrogens with two attached hydrogens (primary N) is 1. The molecule has 0 aliphatic carbocycles. The molecular weight excluding hydrogens is 525 g/mol. The van der Waals surface area contributed by atoms with E-state index >= 15 is 0 Å². The van der Waals surface area contributed by atoms with Crippen molar-refractivity contribution in [1.82, 2.24) is 25.1 Å². The summed E-state index contributed by atoms with van der Waals surface area (Å²) < 4.78 is 73.6. The van der Waals surface area contributed by atoms with Crippen molar-refractivity contribution < 1.29 is 31.5 Å². The Morgan fingerprint density at radius 2 is 1.92 bits per heavy atom. The topological polar surface area (TPSA) is 111 Å². The van der Waals surface area contributed by atoms with Crippen molar-refractivity contribution in [2.75, 3.05) is 23.7 Å². The number of pyridine rings is 2. The Balaban J connectivity index is 1.25. The van der Waals surface area contributed by atoms with Gasteiger partial charge in [0.15, 0.2) is 5.75 Å². The first kappa shape index (κ1) is 26.1. The minimum Gasteiger partial charge on any atom is -0.406 e. The smallest absolute Gasteiger partial charge is 0.406 e. The normalized spacial score (nSPS) is 15.1. The zero-order chi connectivity index (χ0) is 27.8. The number of fused-ring (bicyclic) bond motifs is 1. The Morgan fingerprint density at radius 3 is 2.62 bits per heavy atom. The van der Waals surface area contributed by atoms with Crippen molar-refractivity contribution in [3.8, 4) is 5.75 Å². The minimum absolute atomic E-state index is 0.00649. The minimum atomic E-state index is -4.88. The van der Waals surface area contributed by atoms with Gasteiger partial charge in [0.1, 0.15) is 11.6 Å². The van der Waals surface area contributed by atoms with Crippen LogP contribution < -0.4 is 20.7 Å². The van der Waals surface area contributed by atoms with Crippen LogP contribution in [0.25, 0.3) is 10.8 Å². The van der Waals surface area contributed by atoms with Crippen molar-refractivity contribution in [3.63, 3.8) is 0 Å². The molecule has 0 radical (unpaired) electrons. The van der Waals surface area contributed by atoms with Crippen molar-refractivity contribution in [2.24, 2.45) is 0 Å². The van der Waals surface area contributed by atoms with Gasteiger partial charge in [0.2, 0.25) is 5.69 Å². The van der Waals surface area contributed by atoms with E-state index in [1.165, 1.54) is 17.2 Å². The Morgan fingerprint density at radius 1 is 1.13 bits per heavy atom. The number of benzene rings is 1. The summed E-state index contributed by atoms with van der Waals surface area (Å²) in [6, 6.07) is 10.0. The van der Waals surface area contributed by atoms with Gasteiger partial charge in [-0.1, -0.05) is 18.2 Å². The van der Waals surface area contributed by atoms with Gasteiger partial charge in [-0.2, -0.15) is 18.3 Å². The SMILES string of the molecule is Nc1nccc2cc(CNC(=O)Oc3cn(Cc4ccc(N5CCC(F)(F)C5)nc4)nc3C(F)(F)F)ccc12.